The maximum Gasteiger partial charge on any atom is 0.352 e. The summed E-state index contributed by atoms with van der Waals surface area (Å²) in [5.74, 6) is -5.07. The SMILES string of the molecule is CN1C(=O)C(F)(F)c2ccc(-c3ccc(C[C@@H](C#N)NC(=O)C4CNCCCO4)cc3)cc21. The molecule has 9 heteroatoms. The minimum Gasteiger partial charge on any atom is -0.367 e. The Kier molecular flexibility index (Phi) is 6.40. The molecule has 33 heavy (non-hydrogen) atoms. The zero-order valence-corrected chi connectivity index (χ0v) is 18.1. The van der Waals surface area contributed by atoms with E-state index in [0.717, 1.165) is 29.0 Å². The number of halogens is 2. The van der Waals surface area contributed by atoms with Crippen LogP contribution < -0.4 is 15.5 Å². The Morgan fingerprint density at radius 1 is 1.30 bits per heavy atom. The molecule has 7 nitrogen and oxygen atoms in total. The summed E-state index contributed by atoms with van der Waals surface area (Å²) in [5, 5.41) is 15.4. The lowest BCUT2D eigenvalue weighted by molar-refractivity contribution is -0.141. The first-order valence-corrected chi connectivity index (χ1v) is 10.7. The number of carbonyl (C=O) groups is 2. The normalized spacial score (nSPS) is 20.5. The Morgan fingerprint density at radius 3 is 2.76 bits per heavy atom. The van der Waals surface area contributed by atoms with Gasteiger partial charge in [0.05, 0.1) is 17.3 Å². The number of carbonyl (C=O) groups excluding carboxylic acids is 2. The number of hydrogen-bond donors (Lipinski definition) is 2. The average molecular weight is 454 g/mol. The summed E-state index contributed by atoms with van der Waals surface area (Å²) in [6.07, 6.45) is 0.524. The Balaban J connectivity index is 1.44. The number of likely N-dealkylation sites (N-methyl/N-ethyl adjacent to an activating group) is 1. The minimum absolute atomic E-state index is 0.189. The molecule has 2 heterocycles. The second kappa shape index (κ2) is 9.25. The van der Waals surface area contributed by atoms with E-state index >= 15 is 0 Å². The maximum absolute atomic E-state index is 14.1. The third kappa shape index (κ3) is 4.58. The first-order chi connectivity index (χ1) is 15.8. The van der Waals surface area contributed by atoms with Gasteiger partial charge in [-0.15, -0.1) is 0 Å². The summed E-state index contributed by atoms with van der Waals surface area (Å²) in [6, 6.07) is 13.1. The van der Waals surface area contributed by atoms with Crippen molar-refractivity contribution in [3.63, 3.8) is 0 Å². The van der Waals surface area contributed by atoms with Gasteiger partial charge >= 0.3 is 11.8 Å². The van der Waals surface area contributed by atoms with Gasteiger partial charge in [0, 0.05) is 26.6 Å². The van der Waals surface area contributed by atoms with E-state index in [2.05, 4.69) is 16.7 Å². The van der Waals surface area contributed by atoms with Gasteiger partial charge in [-0.05, 0) is 41.8 Å². The second-order valence-corrected chi connectivity index (χ2v) is 8.18. The molecule has 0 aliphatic carbocycles. The molecule has 2 N–H and O–H groups in total. The van der Waals surface area contributed by atoms with Crippen molar-refractivity contribution in [1.82, 2.24) is 10.6 Å². The fraction of sp³-hybridized carbons (Fsp3) is 0.375. The van der Waals surface area contributed by atoms with Gasteiger partial charge in [-0.3, -0.25) is 9.59 Å². The highest BCUT2D eigenvalue weighted by atomic mass is 19.3. The van der Waals surface area contributed by atoms with Gasteiger partial charge in [0.1, 0.15) is 12.1 Å². The van der Waals surface area contributed by atoms with Gasteiger partial charge < -0.3 is 20.3 Å². The van der Waals surface area contributed by atoms with E-state index < -0.39 is 24.0 Å². The zero-order chi connectivity index (χ0) is 23.6. The number of nitrogens with one attached hydrogen (secondary N) is 2. The molecule has 2 amide bonds. The van der Waals surface area contributed by atoms with Crippen molar-refractivity contribution in [3.05, 3.63) is 53.6 Å². The van der Waals surface area contributed by atoms with Crippen LogP contribution in [0.25, 0.3) is 11.1 Å². The molecule has 0 bridgehead atoms. The van der Waals surface area contributed by atoms with Gasteiger partial charge in [-0.2, -0.15) is 14.0 Å². The van der Waals surface area contributed by atoms with Crippen LogP contribution in [0.5, 0.6) is 0 Å². The van der Waals surface area contributed by atoms with E-state index in [1.807, 2.05) is 24.3 Å². The molecular formula is C24H24F2N4O3. The lowest BCUT2D eigenvalue weighted by Crippen LogP contribution is -2.46. The van der Waals surface area contributed by atoms with Crippen molar-refractivity contribution in [3.8, 4) is 17.2 Å². The van der Waals surface area contributed by atoms with E-state index in [0.29, 0.717) is 25.1 Å². The van der Waals surface area contributed by atoms with Crippen LogP contribution in [0, 0.1) is 11.3 Å². The molecule has 2 aromatic carbocycles. The number of hydrogen-bond acceptors (Lipinski definition) is 5. The fourth-order valence-corrected chi connectivity index (χ4v) is 4.04. The molecule has 1 saturated heterocycles. The number of nitrogens with zero attached hydrogens (tertiary/aromatic N) is 2. The summed E-state index contributed by atoms with van der Waals surface area (Å²) in [7, 11) is 1.33. The number of anilines is 1. The number of ether oxygens (including phenoxy) is 1. The van der Waals surface area contributed by atoms with E-state index in [1.54, 1.807) is 12.1 Å². The van der Waals surface area contributed by atoms with Gasteiger partial charge in [0.15, 0.2) is 0 Å². The third-order valence-electron chi connectivity index (χ3n) is 5.91. The fourth-order valence-electron chi connectivity index (χ4n) is 4.04. The quantitative estimate of drug-likeness (QED) is 0.724. The van der Waals surface area contributed by atoms with Crippen LogP contribution in [0.2, 0.25) is 0 Å². The molecule has 2 aliphatic rings. The number of fused-ring (bicyclic) bond motifs is 1. The second-order valence-electron chi connectivity index (χ2n) is 8.18. The summed E-state index contributed by atoms with van der Waals surface area (Å²) in [4.78, 5) is 25.2. The predicted molar refractivity (Wildman–Crippen MR) is 118 cm³/mol. The van der Waals surface area contributed by atoms with E-state index in [4.69, 9.17) is 4.74 Å². The Morgan fingerprint density at radius 2 is 2.03 bits per heavy atom. The molecular weight excluding hydrogens is 430 g/mol. The van der Waals surface area contributed by atoms with Crippen molar-refractivity contribution < 1.29 is 23.1 Å². The molecule has 0 spiro atoms. The van der Waals surface area contributed by atoms with Crippen molar-refractivity contribution in [1.29, 1.82) is 5.26 Å². The molecule has 0 radical (unpaired) electrons. The Hall–Kier alpha value is -3.35. The van der Waals surface area contributed by atoms with Gasteiger partial charge in [0.25, 0.3) is 5.91 Å². The number of nitriles is 1. The van der Waals surface area contributed by atoms with Crippen LogP contribution in [0.4, 0.5) is 14.5 Å². The Labute approximate surface area is 190 Å². The van der Waals surface area contributed by atoms with E-state index in [1.165, 1.54) is 13.1 Å². The zero-order valence-electron chi connectivity index (χ0n) is 18.1. The van der Waals surface area contributed by atoms with Crippen LogP contribution in [-0.4, -0.2) is 50.7 Å². The lowest BCUT2D eigenvalue weighted by atomic mass is 9.98. The first kappa shape index (κ1) is 22.8. The summed E-state index contributed by atoms with van der Waals surface area (Å²) < 4.78 is 33.7. The van der Waals surface area contributed by atoms with Crippen LogP contribution in [0.15, 0.2) is 42.5 Å². The van der Waals surface area contributed by atoms with Crippen LogP contribution in [0.1, 0.15) is 17.5 Å². The number of benzene rings is 2. The first-order valence-electron chi connectivity index (χ1n) is 10.7. The Bertz CT molecular complexity index is 1090. The van der Waals surface area contributed by atoms with E-state index in [-0.39, 0.29) is 17.2 Å². The lowest BCUT2D eigenvalue weighted by Gasteiger charge is -2.18. The van der Waals surface area contributed by atoms with Gasteiger partial charge in [0.2, 0.25) is 0 Å². The molecule has 0 saturated carbocycles. The predicted octanol–water partition coefficient (Wildman–Crippen LogP) is 2.35. The molecule has 2 aliphatic heterocycles. The van der Waals surface area contributed by atoms with Gasteiger partial charge in [-0.1, -0.05) is 30.3 Å². The van der Waals surface area contributed by atoms with Crippen LogP contribution in [0.3, 0.4) is 0 Å². The van der Waals surface area contributed by atoms with Crippen LogP contribution >= 0.6 is 0 Å². The third-order valence-corrected chi connectivity index (χ3v) is 5.91. The van der Waals surface area contributed by atoms with Crippen molar-refractivity contribution >= 4 is 17.5 Å². The van der Waals surface area contributed by atoms with Gasteiger partial charge in [-0.25, -0.2) is 0 Å². The highest BCUT2D eigenvalue weighted by Crippen LogP contribution is 2.44. The molecule has 1 fully saturated rings. The molecule has 0 aromatic heterocycles. The molecule has 2 atom stereocenters. The van der Waals surface area contributed by atoms with Crippen molar-refractivity contribution in [2.24, 2.45) is 0 Å². The summed E-state index contributed by atoms with van der Waals surface area (Å²) >= 11 is 0. The molecule has 2 aromatic rings. The topological polar surface area (TPSA) is 94.5 Å². The van der Waals surface area contributed by atoms with Crippen molar-refractivity contribution in [2.45, 2.75) is 30.9 Å². The van der Waals surface area contributed by atoms with Crippen molar-refractivity contribution in [2.75, 3.05) is 31.6 Å². The monoisotopic (exact) mass is 454 g/mol. The number of rotatable bonds is 5. The highest BCUT2D eigenvalue weighted by molar-refractivity contribution is 6.06. The average Bonchev–Trinajstić information content (AvgIpc) is 3.04. The molecule has 4 rings (SSSR count). The summed E-state index contributed by atoms with van der Waals surface area (Å²) in [6.45, 7) is 1.69. The minimum atomic E-state index is -3.51. The molecule has 172 valence electrons. The molecule has 1 unspecified atom stereocenters. The highest BCUT2D eigenvalue weighted by Gasteiger charge is 2.51. The smallest absolute Gasteiger partial charge is 0.352 e. The standard InChI is InChI=1S/C24H24F2N4O3/c1-30-20-12-17(7-8-19(20)24(25,26)23(30)32)16-5-3-15(4-6-16)11-18(13-27)29-22(31)21-14-28-9-2-10-33-21/h3-8,12,18,21,28H,2,9-11,14H2,1H3,(H,29,31)/t18-,21?/m0/s1. The number of amides is 2. The largest absolute Gasteiger partial charge is 0.367 e. The van der Waals surface area contributed by atoms with E-state index in [9.17, 15) is 23.6 Å². The van der Waals surface area contributed by atoms with Crippen LogP contribution in [-0.2, 0) is 26.7 Å². The maximum atomic E-state index is 14.1. The number of alkyl halides is 2. The summed E-state index contributed by atoms with van der Waals surface area (Å²) in [5.41, 5.74) is 2.21.